The second kappa shape index (κ2) is 6.00. The molecule has 6 nitrogen and oxygen atoms in total. The van der Waals surface area contributed by atoms with E-state index in [0.29, 0.717) is 11.3 Å². The molecule has 0 radical (unpaired) electrons. The maximum Gasteiger partial charge on any atom is 0.307 e. The third-order valence-corrected chi connectivity index (χ3v) is 2.55. The fourth-order valence-corrected chi connectivity index (χ4v) is 1.39. The van der Waals surface area contributed by atoms with E-state index >= 15 is 0 Å². The quantitative estimate of drug-likeness (QED) is 0.622. The van der Waals surface area contributed by atoms with Crippen molar-refractivity contribution in [3.05, 3.63) is 23.5 Å². The highest BCUT2D eigenvalue weighted by atomic mass is 16.5. The minimum absolute atomic E-state index is 0.109. The number of carbonyl (C=O) groups is 3. The monoisotopic (exact) mass is 252 g/mol. The summed E-state index contributed by atoms with van der Waals surface area (Å²) in [5.74, 6) is -0.750. The van der Waals surface area contributed by atoms with E-state index in [1.54, 1.807) is 7.05 Å². The number of Topliss-reactive ketones (excluding diaryl/α,β-unsaturated/α-hetero) is 1. The summed E-state index contributed by atoms with van der Waals surface area (Å²) in [7, 11) is 2.88. The van der Waals surface area contributed by atoms with E-state index < -0.39 is 0 Å². The molecule has 1 heterocycles. The van der Waals surface area contributed by atoms with Crippen molar-refractivity contribution in [2.45, 2.75) is 13.3 Å². The number of aromatic nitrogens is 1. The number of carbonyl (C=O) groups excluding carboxylic acids is 3. The Morgan fingerprint density at radius 1 is 1.39 bits per heavy atom. The molecular weight excluding hydrogens is 236 g/mol. The van der Waals surface area contributed by atoms with Gasteiger partial charge in [-0.25, -0.2) is 0 Å². The van der Waals surface area contributed by atoms with Gasteiger partial charge < -0.3 is 14.6 Å². The molecule has 0 unspecified atom stereocenters. The lowest BCUT2D eigenvalue weighted by Gasteiger charge is -2.15. The maximum absolute atomic E-state index is 11.9. The number of H-pyrrole nitrogens is 1. The molecule has 0 aromatic carbocycles. The predicted octanol–water partition coefficient (Wildman–Crippen LogP) is 0.852. The van der Waals surface area contributed by atoms with Crippen LogP contribution in [0.25, 0.3) is 0 Å². The van der Waals surface area contributed by atoms with Crippen LogP contribution in [0.5, 0.6) is 0 Å². The Hall–Kier alpha value is -2.11. The van der Waals surface area contributed by atoms with Gasteiger partial charge in [0.2, 0.25) is 0 Å². The molecule has 1 amide bonds. The lowest BCUT2D eigenvalue weighted by atomic mass is 10.2. The summed E-state index contributed by atoms with van der Waals surface area (Å²) in [6, 6.07) is 1.50. The lowest BCUT2D eigenvalue weighted by molar-refractivity contribution is -0.140. The third-order valence-electron chi connectivity index (χ3n) is 2.55. The highest BCUT2D eigenvalue weighted by Crippen LogP contribution is 2.07. The second-order valence-corrected chi connectivity index (χ2v) is 3.91. The summed E-state index contributed by atoms with van der Waals surface area (Å²) in [6.45, 7) is 1.69. The van der Waals surface area contributed by atoms with Gasteiger partial charge in [-0.1, -0.05) is 0 Å². The average Bonchev–Trinajstić information content (AvgIpc) is 2.84. The van der Waals surface area contributed by atoms with Gasteiger partial charge in [0.15, 0.2) is 5.78 Å². The first-order chi connectivity index (χ1) is 8.45. The zero-order valence-corrected chi connectivity index (χ0v) is 10.6. The number of hydrogen-bond donors (Lipinski definition) is 1. The van der Waals surface area contributed by atoms with Crippen molar-refractivity contribution in [2.75, 3.05) is 20.7 Å². The molecule has 6 heteroatoms. The van der Waals surface area contributed by atoms with Crippen molar-refractivity contribution >= 4 is 17.7 Å². The summed E-state index contributed by atoms with van der Waals surface area (Å²) in [5.41, 5.74) is 0.785. The van der Waals surface area contributed by atoms with Crippen molar-refractivity contribution in [1.82, 2.24) is 9.88 Å². The smallest absolute Gasteiger partial charge is 0.307 e. The normalized spacial score (nSPS) is 9.94. The maximum atomic E-state index is 11.9. The van der Waals surface area contributed by atoms with Gasteiger partial charge in [0.1, 0.15) is 5.69 Å². The van der Waals surface area contributed by atoms with Crippen LogP contribution in [0.15, 0.2) is 12.3 Å². The van der Waals surface area contributed by atoms with Crippen molar-refractivity contribution in [1.29, 1.82) is 0 Å². The van der Waals surface area contributed by atoms with Crippen LogP contribution in [0.1, 0.15) is 34.2 Å². The molecule has 0 bridgehead atoms. The molecule has 1 aromatic rings. The van der Waals surface area contributed by atoms with Crippen LogP contribution >= 0.6 is 0 Å². The van der Waals surface area contributed by atoms with Crippen LogP contribution < -0.4 is 0 Å². The van der Waals surface area contributed by atoms with Crippen LogP contribution in [0, 0.1) is 0 Å². The number of amides is 1. The number of nitrogens with one attached hydrogen (secondary N) is 1. The second-order valence-electron chi connectivity index (χ2n) is 3.91. The van der Waals surface area contributed by atoms with E-state index in [4.69, 9.17) is 0 Å². The Bertz CT molecular complexity index is 464. The van der Waals surface area contributed by atoms with Crippen LogP contribution in [0.2, 0.25) is 0 Å². The molecule has 0 aliphatic rings. The summed E-state index contributed by atoms with van der Waals surface area (Å²) in [6.07, 6.45) is 1.63. The molecule has 1 aromatic heterocycles. The number of nitrogens with zero attached hydrogens (tertiary/aromatic N) is 1. The highest BCUT2D eigenvalue weighted by molar-refractivity contribution is 5.99. The van der Waals surface area contributed by atoms with E-state index in [-0.39, 0.29) is 30.6 Å². The molecule has 1 rings (SSSR count). The summed E-state index contributed by atoms with van der Waals surface area (Å²) >= 11 is 0. The lowest BCUT2D eigenvalue weighted by Crippen LogP contribution is -2.29. The Balaban J connectivity index is 2.62. The Morgan fingerprint density at radius 2 is 2.06 bits per heavy atom. The van der Waals surface area contributed by atoms with Gasteiger partial charge >= 0.3 is 5.97 Å². The minimum atomic E-state index is -0.370. The first kappa shape index (κ1) is 14.0. The van der Waals surface area contributed by atoms with Gasteiger partial charge in [-0.3, -0.25) is 14.4 Å². The topological polar surface area (TPSA) is 79.5 Å². The van der Waals surface area contributed by atoms with Crippen molar-refractivity contribution in [2.24, 2.45) is 0 Å². The standard InChI is InChI=1S/C12H16N2O4/c1-8(15)9-6-10(13-7-9)12(17)14(2)5-4-11(16)18-3/h6-7,13H,4-5H2,1-3H3. The Labute approximate surface area is 105 Å². The Morgan fingerprint density at radius 3 is 2.56 bits per heavy atom. The zero-order chi connectivity index (χ0) is 13.7. The molecule has 0 fully saturated rings. The molecule has 0 saturated carbocycles. The summed E-state index contributed by atoms with van der Waals surface area (Å²) in [4.78, 5) is 38.1. The molecule has 0 aliphatic heterocycles. The number of esters is 1. The number of rotatable bonds is 5. The van der Waals surface area contributed by atoms with Crippen molar-refractivity contribution in [3.63, 3.8) is 0 Å². The van der Waals surface area contributed by atoms with Crippen molar-refractivity contribution in [3.8, 4) is 0 Å². The van der Waals surface area contributed by atoms with E-state index in [1.807, 2.05) is 0 Å². The van der Waals surface area contributed by atoms with Crippen LogP contribution in [0.4, 0.5) is 0 Å². The number of ether oxygens (including phenoxy) is 1. The van der Waals surface area contributed by atoms with Gasteiger partial charge in [0.05, 0.1) is 13.5 Å². The number of hydrogen-bond acceptors (Lipinski definition) is 4. The Kier molecular flexibility index (Phi) is 4.65. The number of ketones is 1. The number of aromatic amines is 1. The van der Waals surface area contributed by atoms with E-state index in [1.165, 1.54) is 31.2 Å². The molecule has 0 atom stereocenters. The summed E-state index contributed by atoms with van der Waals surface area (Å²) in [5, 5.41) is 0. The van der Waals surface area contributed by atoms with E-state index in [2.05, 4.69) is 9.72 Å². The largest absolute Gasteiger partial charge is 0.469 e. The molecule has 98 valence electrons. The van der Waals surface area contributed by atoms with Crippen LogP contribution in [0.3, 0.4) is 0 Å². The number of methoxy groups -OCH3 is 1. The molecule has 18 heavy (non-hydrogen) atoms. The highest BCUT2D eigenvalue weighted by Gasteiger charge is 2.15. The molecule has 0 aliphatic carbocycles. The summed E-state index contributed by atoms with van der Waals surface area (Å²) < 4.78 is 4.49. The van der Waals surface area contributed by atoms with Crippen molar-refractivity contribution < 1.29 is 19.1 Å². The van der Waals surface area contributed by atoms with E-state index in [0.717, 1.165) is 0 Å². The van der Waals surface area contributed by atoms with Gasteiger partial charge in [0.25, 0.3) is 5.91 Å². The average molecular weight is 252 g/mol. The third kappa shape index (κ3) is 3.44. The fraction of sp³-hybridized carbons (Fsp3) is 0.417. The van der Waals surface area contributed by atoms with E-state index in [9.17, 15) is 14.4 Å². The van der Waals surface area contributed by atoms with Gasteiger partial charge in [-0.15, -0.1) is 0 Å². The fourth-order valence-electron chi connectivity index (χ4n) is 1.39. The van der Waals surface area contributed by atoms with Gasteiger partial charge in [-0.05, 0) is 13.0 Å². The SMILES string of the molecule is COC(=O)CCN(C)C(=O)c1cc(C(C)=O)c[nH]1. The predicted molar refractivity (Wildman–Crippen MR) is 64.4 cm³/mol. The van der Waals surface area contributed by atoms with Gasteiger partial charge in [0, 0.05) is 25.4 Å². The minimum Gasteiger partial charge on any atom is -0.469 e. The first-order valence-corrected chi connectivity index (χ1v) is 5.47. The van der Waals surface area contributed by atoms with Crippen LogP contribution in [-0.2, 0) is 9.53 Å². The van der Waals surface area contributed by atoms with Gasteiger partial charge in [-0.2, -0.15) is 0 Å². The molecule has 1 N–H and O–H groups in total. The molecular formula is C12H16N2O4. The van der Waals surface area contributed by atoms with Crippen LogP contribution in [-0.4, -0.2) is 48.2 Å². The zero-order valence-electron chi connectivity index (χ0n) is 10.6. The first-order valence-electron chi connectivity index (χ1n) is 5.47. The molecule has 0 spiro atoms. The molecule has 0 saturated heterocycles.